The fourth-order valence-electron chi connectivity index (χ4n) is 4.10. The third kappa shape index (κ3) is 2.76. The monoisotopic (exact) mass is 388 g/mol. The molecule has 1 aromatic carbocycles. The molecule has 2 aromatic rings. The molecule has 1 aromatic heterocycles. The van der Waals surface area contributed by atoms with Crippen LogP contribution in [0.1, 0.15) is 27.9 Å². The lowest BCUT2D eigenvalue weighted by Gasteiger charge is -2.57. The molecule has 1 N–H and O–H groups in total. The lowest BCUT2D eigenvalue weighted by Crippen LogP contribution is -2.72. The Balaban J connectivity index is 1.25. The van der Waals surface area contributed by atoms with Crippen molar-refractivity contribution in [1.82, 2.24) is 14.9 Å². The second-order valence-electron chi connectivity index (χ2n) is 7.49. The van der Waals surface area contributed by atoms with Gasteiger partial charge in [-0.05, 0) is 42.5 Å². The zero-order valence-electron chi connectivity index (χ0n) is 14.5. The maximum Gasteiger partial charge on any atom is 0.257 e. The van der Waals surface area contributed by atoms with Crippen molar-refractivity contribution in [2.75, 3.05) is 25.1 Å². The molecule has 0 unspecified atom stereocenters. The Kier molecular flexibility index (Phi) is 3.84. The molecule has 140 valence electrons. The Morgan fingerprint density at radius 3 is 2.70 bits per heavy atom. The number of anilines is 1. The first-order valence-electron chi connectivity index (χ1n) is 8.99. The van der Waals surface area contributed by atoms with Crippen LogP contribution in [0, 0.1) is 5.82 Å². The number of hydrogen-bond acceptors (Lipinski definition) is 5. The summed E-state index contributed by atoms with van der Waals surface area (Å²) < 4.78 is 19.3. The number of ether oxygens (including phenoxy) is 1. The largest absolute Gasteiger partial charge is 0.376 e. The molecule has 27 heavy (non-hydrogen) atoms. The van der Waals surface area contributed by atoms with Gasteiger partial charge in [-0.2, -0.15) is 0 Å². The van der Waals surface area contributed by atoms with E-state index >= 15 is 0 Å². The zero-order valence-corrected chi connectivity index (χ0v) is 15.3. The van der Waals surface area contributed by atoms with Crippen LogP contribution in [0.2, 0.25) is 5.02 Å². The zero-order chi connectivity index (χ0) is 18.6. The van der Waals surface area contributed by atoms with Gasteiger partial charge < -0.3 is 15.0 Å². The molecule has 3 heterocycles. The van der Waals surface area contributed by atoms with Crippen LogP contribution in [0.25, 0.3) is 0 Å². The fourth-order valence-corrected chi connectivity index (χ4v) is 4.33. The van der Waals surface area contributed by atoms with Crippen molar-refractivity contribution in [2.45, 2.75) is 30.8 Å². The van der Waals surface area contributed by atoms with Gasteiger partial charge in [-0.25, -0.2) is 14.4 Å². The lowest BCUT2D eigenvalue weighted by atomic mass is 9.82. The van der Waals surface area contributed by atoms with Crippen LogP contribution >= 0.6 is 11.6 Å². The maximum atomic E-state index is 14.0. The fraction of sp³-hybridized carbons (Fsp3) is 0.421. The molecular weight excluding hydrogens is 371 g/mol. The van der Waals surface area contributed by atoms with Gasteiger partial charge in [0.15, 0.2) is 0 Å². The van der Waals surface area contributed by atoms with E-state index in [1.165, 1.54) is 6.07 Å². The summed E-state index contributed by atoms with van der Waals surface area (Å²) in [5.74, 6) is 0.106. The topological polar surface area (TPSA) is 67.4 Å². The highest BCUT2D eigenvalue weighted by molar-refractivity contribution is 6.30. The van der Waals surface area contributed by atoms with E-state index in [0.717, 1.165) is 18.5 Å². The molecule has 1 atom stereocenters. The van der Waals surface area contributed by atoms with Gasteiger partial charge >= 0.3 is 0 Å². The predicted octanol–water partition coefficient (Wildman–Crippen LogP) is 2.46. The van der Waals surface area contributed by atoms with Crippen molar-refractivity contribution in [2.24, 2.45) is 0 Å². The van der Waals surface area contributed by atoms with Crippen molar-refractivity contribution in [3.63, 3.8) is 0 Å². The highest BCUT2D eigenvalue weighted by Gasteiger charge is 2.53. The van der Waals surface area contributed by atoms with Crippen molar-refractivity contribution in [3.05, 3.63) is 52.1 Å². The van der Waals surface area contributed by atoms with E-state index in [2.05, 4.69) is 15.3 Å². The summed E-state index contributed by atoms with van der Waals surface area (Å²) in [5, 5.41) is 3.63. The first-order chi connectivity index (χ1) is 13.0. The van der Waals surface area contributed by atoms with E-state index in [1.807, 2.05) is 4.90 Å². The third-order valence-corrected chi connectivity index (χ3v) is 5.98. The van der Waals surface area contributed by atoms with Crippen LogP contribution in [0.5, 0.6) is 0 Å². The SMILES string of the molecule is O=C(c1cnc(N[C@H]2Cc3cc(Cl)cc(F)c3C2)nc1)N1CCC12COC2. The van der Waals surface area contributed by atoms with Gasteiger partial charge in [-0.15, -0.1) is 0 Å². The normalized spacial score (nSPS) is 22.1. The van der Waals surface area contributed by atoms with Crippen LogP contribution in [0.3, 0.4) is 0 Å². The first-order valence-corrected chi connectivity index (χ1v) is 9.37. The summed E-state index contributed by atoms with van der Waals surface area (Å²) in [5.41, 5.74) is 1.97. The van der Waals surface area contributed by atoms with E-state index in [1.54, 1.807) is 18.5 Å². The number of halogens is 2. The molecule has 2 aliphatic heterocycles. The molecule has 3 aliphatic rings. The van der Waals surface area contributed by atoms with Crippen LogP contribution in [0.4, 0.5) is 10.3 Å². The summed E-state index contributed by atoms with van der Waals surface area (Å²) in [6, 6.07) is 3.15. The van der Waals surface area contributed by atoms with Gasteiger partial charge in [0, 0.05) is 30.0 Å². The Morgan fingerprint density at radius 1 is 1.30 bits per heavy atom. The van der Waals surface area contributed by atoms with E-state index in [9.17, 15) is 9.18 Å². The molecule has 8 heteroatoms. The Hall–Kier alpha value is -2.25. The molecule has 1 aliphatic carbocycles. The smallest absolute Gasteiger partial charge is 0.257 e. The second-order valence-corrected chi connectivity index (χ2v) is 7.93. The molecule has 2 fully saturated rings. The number of carbonyl (C=O) groups excluding carboxylic acids is 1. The Bertz CT molecular complexity index is 911. The number of amides is 1. The summed E-state index contributed by atoms with van der Waals surface area (Å²) in [7, 11) is 0. The quantitative estimate of drug-likeness (QED) is 0.874. The average molecular weight is 389 g/mol. The van der Waals surface area contributed by atoms with Gasteiger partial charge in [0.1, 0.15) is 5.82 Å². The van der Waals surface area contributed by atoms with Gasteiger partial charge in [0.25, 0.3) is 5.91 Å². The first kappa shape index (κ1) is 16.9. The Labute approximate surface area is 160 Å². The number of hydrogen-bond donors (Lipinski definition) is 1. The molecule has 6 nitrogen and oxygen atoms in total. The van der Waals surface area contributed by atoms with Crippen LogP contribution in [-0.2, 0) is 17.6 Å². The van der Waals surface area contributed by atoms with E-state index in [0.29, 0.717) is 48.2 Å². The molecule has 1 spiro atoms. The molecule has 0 radical (unpaired) electrons. The number of aromatic nitrogens is 2. The van der Waals surface area contributed by atoms with Crippen LogP contribution < -0.4 is 5.32 Å². The highest BCUT2D eigenvalue weighted by atomic mass is 35.5. The molecule has 2 saturated heterocycles. The van der Waals surface area contributed by atoms with Gasteiger partial charge in [-0.3, -0.25) is 4.79 Å². The highest BCUT2D eigenvalue weighted by Crippen LogP contribution is 2.38. The number of rotatable bonds is 3. The number of carbonyl (C=O) groups is 1. The van der Waals surface area contributed by atoms with Gasteiger partial charge in [-0.1, -0.05) is 11.6 Å². The molecule has 0 saturated carbocycles. The lowest BCUT2D eigenvalue weighted by molar-refractivity contribution is -0.172. The van der Waals surface area contributed by atoms with Crippen molar-refractivity contribution in [1.29, 1.82) is 0 Å². The minimum absolute atomic E-state index is 0.000273. The standard InChI is InChI=1S/C19H18ClFN4O2/c20-13-3-11-4-14(6-15(11)16(21)5-13)24-18-22-7-12(8-23-18)17(26)25-2-1-19(25)9-27-10-19/h3,5,7-8,14H,1-2,4,6,9-10H2,(H,22,23,24)/t14-/m0/s1. The summed E-state index contributed by atoms with van der Waals surface area (Å²) in [4.78, 5) is 23.0. The van der Waals surface area contributed by atoms with Crippen molar-refractivity contribution in [3.8, 4) is 0 Å². The maximum absolute atomic E-state index is 14.0. The minimum Gasteiger partial charge on any atom is -0.376 e. The summed E-state index contributed by atoms with van der Waals surface area (Å²) in [6.07, 6.45) is 5.29. The van der Waals surface area contributed by atoms with Crippen LogP contribution in [-0.4, -0.2) is 52.1 Å². The number of fused-ring (bicyclic) bond motifs is 1. The number of likely N-dealkylation sites (tertiary alicyclic amines) is 1. The predicted molar refractivity (Wildman–Crippen MR) is 97.5 cm³/mol. The summed E-state index contributed by atoms with van der Waals surface area (Å²) in [6.45, 7) is 1.97. The average Bonchev–Trinajstić information content (AvgIpc) is 2.96. The third-order valence-electron chi connectivity index (χ3n) is 5.76. The van der Waals surface area contributed by atoms with Crippen molar-refractivity contribution >= 4 is 23.5 Å². The molecule has 5 rings (SSSR count). The van der Waals surface area contributed by atoms with Crippen LogP contribution in [0.15, 0.2) is 24.5 Å². The van der Waals surface area contributed by atoms with Crippen molar-refractivity contribution < 1.29 is 13.9 Å². The van der Waals surface area contributed by atoms with E-state index in [-0.39, 0.29) is 23.3 Å². The number of nitrogens with one attached hydrogen (secondary N) is 1. The molecule has 0 bridgehead atoms. The van der Waals surface area contributed by atoms with E-state index in [4.69, 9.17) is 16.3 Å². The molecule has 1 amide bonds. The number of nitrogens with zero attached hydrogens (tertiary/aromatic N) is 3. The number of benzene rings is 1. The Morgan fingerprint density at radius 2 is 2.07 bits per heavy atom. The summed E-state index contributed by atoms with van der Waals surface area (Å²) >= 11 is 5.93. The van der Waals surface area contributed by atoms with Gasteiger partial charge in [0.2, 0.25) is 5.95 Å². The minimum atomic E-state index is -0.271. The second kappa shape index (κ2) is 6.14. The molecular formula is C19H18ClFN4O2. The van der Waals surface area contributed by atoms with E-state index < -0.39 is 0 Å². The van der Waals surface area contributed by atoms with Gasteiger partial charge in [0.05, 0.1) is 24.3 Å².